The second-order valence-corrected chi connectivity index (χ2v) is 6.81. The molecule has 7 heteroatoms. The normalized spacial score (nSPS) is 11.8. The molecule has 0 aliphatic heterocycles. The number of aryl methyl sites for hydroxylation is 2. The molecule has 0 aliphatic rings. The molecule has 0 bridgehead atoms. The summed E-state index contributed by atoms with van der Waals surface area (Å²) in [5.74, 6) is 0. The molecular weight excluding hydrogens is 288 g/mol. The lowest BCUT2D eigenvalue weighted by atomic mass is 10.1. The average Bonchev–Trinajstić information content (AvgIpc) is 2.88. The van der Waals surface area contributed by atoms with Gasteiger partial charge in [-0.3, -0.25) is 0 Å². The summed E-state index contributed by atoms with van der Waals surface area (Å²) >= 11 is 0. The number of H-pyrrole nitrogens is 1. The van der Waals surface area contributed by atoms with Crippen LogP contribution in [0.25, 0.3) is 0 Å². The van der Waals surface area contributed by atoms with Crippen molar-refractivity contribution in [2.45, 2.75) is 32.1 Å². The molecule has 0 radical (unpaired) electrons. The van der Waals surface area contributed by atoms with E-state index in [1.54, 1.807) is 32.4 Å². The Morgan fingerprint density at radius 2 is 2.00 bits per heavy atom. The molecule has 114 valence electrons. The number of rotatable bonds is 5. The minimum absolute atomic E-state index is 0.273. The number of nitrogens with zero attached hydrogens (tertiary/aromatic N) is 1. The van der Waals surface area contributed by atoms with E-state index in [9.17, 15) is 8.42 Å². The van der Waals surface area contributed by atoms with Crippen LogP contribution in [0.15, 0.2) is 23.5 Å². The third kappa shape index (κ3) is 3.25. The van der Waals surface area contributed by atoms with E-state index in [4.69, 9.17) is 5.73 Å². The van der Waals surface area contributed by atoms with E-state index in [1.807, 2.05) is 6.92 Å². The summed E-state index contributed by atoms with van der Waals surface area (Å²) in [5, 5.41) is 0. The second-order valence-electron chi connectivity index (χ2n) is 5.10. The molecule has 0 unspecified atom stereocenters. The van der Waals surface area contributed by atoms with Crippen LogP contribution in [0.4, 0.5) is 5.69 Å². The van der Waals surface area contributed by atoms with Crippen molar-refractivity contribution in [2.24, 2.45) is 0 Å². The molecular formula is C14H20N4O2S. The van der Waals surface area contributed by atoms with Crippen LogP contribution in [-0.4, -0.2) is 24.9 Å². The van der Waals surface area contributed by atoms with Crippen molar-refractivity contribution in [1.82, 2.24) is 14.7 Å². The zero-order chi connectivity index (χ0) is 15.6. The van der Waals surface area contributed by atoms with Crippen molar-refractivity contribution >= 4 is 15.7 Å². The Morgan fingerprint density at radius 1 is 1.29 bits per heavy atom. The van der Waals surface area contributed by atoms with Crippen LogP contribution in [0, 0.1) is 20.8 Å². The van der Waals surface area contributed by atoms with Gasteiger partial charge in [-0.05, 0) is 37.5 Å². The highest BCUT2D eigenvalue weighted by atomic mass is 32.2. The van der Waals surface area contributed by atoms with Gasteiger partial charge in [-0.15, -0.1) is 0 Å². The Hall–Kier alpha value is -1.86. The second kappa shape index (κ2) is 5.87. The quantitative estimate of drug-likeness (QED) is 0.727. The Labute approximate surface area is 124 Å². The van der Waals surface area contributed by atoms with E-state index in [0.717, 1.165) is 11.3 Å². The number of aromatic amines is 1. The maximum Gasteiger partial charge on any atom is 0.241 e. The topological polar surface area (TPSA) is 101 Å². The summed E-state index contributed by atoms with van der Waals surface area (Å²) in [6.45, 7) is 5.69. The molecule has 1 aromatic carbocycles. The zero-order valence-electron chi connectivity index (χ0n) is 12.4. The summed E-state index contributed by atoms with van der Waals surface area (Å²) in [6, 6.07) is 1.80. The fourth-order valence-electron chi connectivity index (χ4n) is 2.41. The Morgan fingerprint density at radius 3 is 2.62 bits per heavy atom. The Balaban J connectivity index is 2.22. The fourth-order valence-corrected chi connectivity index (χ4v) is 3.92. The molecule has 0 fully saturated rings. The van der Waals surface area contributed by atoms with Crippen LogP contribution in [-0.2, 0) is 16.4 Å². The van der Waals surface area contributed by atoms with Crippen LogP contribution in [0.3, 0.4) is 0 Å². The molecule has 1 aromatic heterocycles. The predicted octanol–water partition coefficient (Wildman–Crippen LogP) is 1.44. The standard InChI is InChI=1S/C14H20N4O2S/c1-9-6-10(2)14(11(3)13(9)15)21(19,20)18-5-4-12-7-16-8-17-12/h6-8,18H,4-5,15H2,1-3H3,(H,16,17). The first-order chi connectivity index (χ1) is 9.83. The highest BCUT2D eigenvalue weighted by molar-refractivity contribution is 7.89. The molecule has 2 aromatic rings. The SMILES string of the molecule is Cc1cc(C)c(S(=O)(=O)NCCc2cnc[nH]2)c(C)c1N. The highest BCUT2D eigenvalue weighted by Crippen LogP contribution is 2.27. The zero-order valence-corrected chi connectivity index (χ0v) is 13.2. The minimum Gasteiger partial charge on any atom is -0.398 e. The molecule has 21 heavy (non-hydrogen) atoms. The van der Waals surface area contributed by atoms with Crippen LogP contribution in [0.5, 0.6) is 0 Å². The monoisotopic (exact) mass is 308 g/mol. The number of hydrogen-bond donors (Lipinski definition) is 3. The molecule has 4 N–H and O–H groups in total. The predicted molar refractivity (Wildman–Crippen MR) is 82.5 cm³/mol. The van der Waals surface area contributed by atoms with Crippen molar-refractivity contribution in [3.63, 3.8) is 0 Å². The van der Waals surface area contributed by atoms with Crippen LogP contribution < -0.4 is 10.5 Å². The number of aromatic nitrogens is 2. The third-order valence-corrected chi connectivity index (χ3v) is 5.22. The molecule has 0 aliphatic carbocycles. The lowest BCUT2D eigenvalue weighted by molar-refractivity contribution is 0.580. The maximum atomic E-state index is 12.5. The van der Waals surface area contributed by atoms with Gasteiger partial charge in [-0.2, -0.15) is 0 Å². The van der Waals surface area contributed by atoms with Crippen molar-refractivity contribution in [3.8, 4) is 0 Å². The third-order valence-electron chi connectivity index (χ3n) is 3.47. The largest absolute Gasteiger partial charge is 0.398 e. The summed E-state index contributed by atoms with van der Waals surface area (Å²) in [4.78, 5) is 7.11. The summed E-state index contributed by atoms with van der Waals surface area (Å²) in [7, 11) is -3.58. The Bertz CT molecular complexity index is 737. The number of imidazole rings is 1. The molecule has 0 atom stereocenters. The van der Waals surface area contributed by atoms with E-state index >= 15 is 0 Å². The Kier molecular flexibility index (Phi) is 4.34. The average molecular weight is 308 g/mol. The van der Waals surface area contributed by atoms with Gasteiger partial charge in [0.1, 0.15) is 0 Å². The first kappa shape index (κ1) is 15.5. The maximum absolute atomic E-state index is 12.5. The molecule has 1 heterocycles. The van der Waals surface area contributed by atoms with Gasteiger partial charge in [0.05, 0.1) is 11.2 Å². The number of nitrogen functional groups attached to an aromatic ring is 1. The molecule has 0 saturated heterocycles. The number of benzene rings is 1. The van der Waals surface area contributed by atoms with Crippen molar-refractivity contribution in [1.29, 1.82) is 0 Å². The molecule has 0 amide bonds. The first-order valence-corrected chi connectivity index (χ1v) is 8.14. The van der Waals surface area contributed by atoms with Gasteiger partial charge in [0.2, 0.25) is 10.0 Å². The van der Waals surface area contributed by atoms with E-state index in [0.29, 0.717) is 29.8 Å². The lowest BCUT2D eigenvalue weighted by Crippen LogP contribution is -2.27. The van der Waals surface area contributed by atoms with Gasteiger partial charge in [-0.25, -0.2) is 18.1 Å². The van der Waals surface area contributed by atoms with Gasteiger partial charge in [0.15, 0.2) is 0 Å². The van der Waals surface area contributed by atoms with Gasteiger partial charge in [-0.1, -0.05) is 6.07 Å². The minimum atomic E-state index is -3.58. The molecule has 2 rings (SSSR count). The number of anilines is 1. The summed E-state index contributed by atoms with van der Waals surface area (Å²) in [6.07, 6.45) is 3.80. The van der Waals surface area contributed by atoms with Gasteiger partial charge < -0.3 is 10.7 Å². The van der Waals surface area contributed by atoms with Crippen molar-refractivity contribution in [3.05, 3.63) is 41.0 Å². The van der Waals surface area contributed by atoms with E-state index in [2.05, 4.69) is 14.7 Å². The van der Waals surface area contributed by atoms with Crippen LogP contribution >= 0.6 is 0 Å². The van der Waals surface area contributed by atoms with Crippen LogP contribution in [0.2, 0.25) is 0 Å². The number of sulfonamides is 1. The molecule has 6 nitrogen and oxygen atoms in total. The van der Waals surface area contributed by atoms with Gasteiger partial charge >= 0.3 is 0 Å². The van der Waals surface area contributed by atoms with Gasteiger partial charge in [0, 0.05) is 30.5 Å². The van der Waals surface area contributed by atoms with Crippen molar-refractivity contribution in [2.75, 3.05) is 12.3 Å². The summed E-state index contributed by atoms with van der Waals surface area (Å²) in [5.41, 5.74) is 9.55. The number of hydrogen-bond acceptors (Lipinski definition) is 4. The van der Waals surface area contributed by atoms with Gasteiger partial charge in [0.25, 0.3) is 0 Å². The lowest BCUT2D eigenvalue weighted by Gasteiger charge is -2.15. The number of nitrogens with one attached hydrogen (secondary N) is 2. The van der Waals surface area contributed by atoms with Crippen LogP contribution in [0.1, 0.15) is 22.4 Å². The summed E-state index contributed by atoms with van der Waals surface area (Å²) < 4.78 is 27.6. The van der Waals surface area contributed by atoms with E-state index in [1.165, 1.54) is 0 Å². The van der Waals surface area contributed by atoms with Crippen molar-refractivity contribution < 1.29 is 8.42 Å². The van der Waals surface area contributed by atoms with E-state index in [-0.39, 0.29) is 4.90 Å². The fraction of sp³-hybridized carbons (Fsp3) is 0.357. The highest BCUT2D eigenvalue weighted by Gasteiger charge is 2.21. The van der Waals surface area contributed by atoms with E-state index < -0.39 is 10.0 Å². The molecule has 0 spiro atoms. The first-order valence-electron chi connectivity index (χ1n) is 6.66. The smallest absolute Gasteiger partial charge is 0.241 e. The molecule has 0 saturated carbocycles. The number of nitrogens with two attached hydrogens (primary N) is 1.